The second kappa shape index (κ2) is 18.2. The Balaban J connectivity index is 0.000000317. The lowest BCUT2D eigenvalue weighted by Gasteiger charge is -2.17. The average molecular weight is 497 g/mol. The second-order valence-corrected chi connectivity index (χ2v) is 8.02. The number of hydrogen-bond acceptors (Lipinski definition) is 6. The first-order valence-electron chi connectivity index (χ1n) is 13.6. The van der Waals surface area contributed by atoms with Crippen LogP contribution in [0.5, 0.6) is 0 Å². The van der Waals surface area contributed by atoms with Crippen LogP contribution in [0, 0.1) is 0 Å². The summed E-state index contributed by atoms with van der Waals surface area (Å²) < 4.78 is 0. The molecule has 3 aromatic heterocycles. The predicted octanol–water partition coefficient (Wildman–Crippen LogP) is 6.20. The van der Waals surface area contributed by atoms with Gasteiger partial charge in [-0.1, -0.05) is 67.2 Å². The molecule has 0 saturated carbocycles. The number of aryl methyl sites for hydroxylation is 2. The first-order chi connectivity index (χ1) is 17.6. The van der Waals surface area contributed by atoms with Crippen molar-refractivity contribution in [2.24, 2.45) is 0 Å². The summed E-state index contributed by atoms with van der Waals surface area (Å²) in [6, 6.07) is 3.32. The van der Waals surface area contributed by atoms with Gasteiger partial charge in [0.1, 0.15) is 24.1 Å². The summed E-state index contributed by atoms with van der Waals surface area (Å²) in [5, 5.41) is 3.76. The number of rotatable bonds is 8. The fourth-order valence-electron chi connectivity index (χ4n) is 3.78. The Morgan fingerprint density at radius 3 is 2.03 bits per heavy atom. The molecule has 8 nitrogen and oxygen atoms in total. The predicted molar refractivity (Wildman–Crippen MR) is 148 cm³/mol. The first kappa shape index (κ1) is 30.9. The quantitative estimate of drug-likeness (QED) is 0.359. The van der Waals surface area contributed by atoms with Crippen LogP contribution in [0.4, 0.5) is 5.82 Å². The zero-order valence-corrected chi connectivity index (χ0v) is 23.0. The molecule has 198 valence electrons. The topological polar surface area (TPSA) is 114 Å². The Morgan fingerprint density at radius 1 is 0.750 bits per heavy atom. The molecule has 1 amide bonds. The molecule has 1 aliphatic rings. The van der Waals surface area contributed by atoms with Crippen LogP contribution in [-0.4, -0.2) is 30.8 Å². The van der Waals surface area contributed by atoms with Crippen LogP contribution in [0.3, 0.4) is 0 Å². The number of aromatic amines is 1. The number of fused-ring (bicyclic) bond motifs is 2. The third kappa shape index (κ3) is 9.84. The third-order valence-electron chi connectivity index (χ3n) is 5.54. The number of aromatic nitrogens is 5. The zero-order chi connectivity index (χ0) is 26.8. The van der Waals surface area contributed by atoms with Crippen LogP contribution in [-0.2, 0) is 24.1 Å². The highest BCUT2D eigenvalue weighted by molar-refractivity contribution is 5.92. The number of H-pyrrole nitrogens is 1. The van der Waals surface area contributed by atoms with Gasteiger partial charge in [0.25, 0.3) is 0 Å². The second-order valence-electron chi connectivity index (χ2n) is 8.02. The maximum Gasteiger partial charge on any atom is 0.249 e. The molecule has 0 atom stereocenters. The summed E-state index contributed by atoms with van der Waals surface area (Å²) in [4.78, 5) is 41.9. The SMILES string of the molecule is CC.CC.CCCCCc1ncnc2[nH]c(=O)ccc12.CCCCCc1ncnc2c1CCC(=O)N2. The van der Waals surface area contributed by atoms with Gasteiger partial charge in [-0.15, -0.1) is 0 Å². The van der Waals surface area contributed by atoms with Crippen LogP contribution in [0.1, 0.15) is 103 Å². The minimum Gasteiger partial charge on any atom is -0.310 e. The molecule has 1 aliphatic heterocycles. The summed E-state index contributed by atoms with van der Waals surface area (Å²) in [5.41, 5.74) is 3.78. The molecule has 0 unspecified atom stereocenters. The smallest absolute Gasteiger partial charge is 0.249 e. The van der Waals surface area contributed by atoms with E-state index in [1.807, 2.05) is 27.7 Å². The van der Waals surface area contributed by atoms with E-state index in [1.54, 1.807) is 12.4 Å². The molecule has 0 aromatic carbocycles. The lowest BCUT2D eigenvalue weighted by Crippen LogP contribution is -2.21. The Labute approximate surface area is 215 Å². The van der Waals surface area contributed by atoms with Crippen LogP contribution >= 0.6 is 0 Å². The average Bonchev–Trinajstić information content (AvgIpc) is 2.91. The first-order valence-corrected chi connectivity index (χ1v) is 13.6. The van der Waals surface area contributed by atoms with Gasteiger partial charge in [-0.2, -0.15) is 0 Å². The summed E-state index contributed by atoms with van der Waals surface area (Å²) in [5.74, 6) is 0.781. The zero-order valence-electron chi connectivity index (χ0n) is 23.0. The lowest BCUT2D eigenvalue weighted by atomic mass is 10.0. The van der Waals surface area contributed by atoms with E-state index in [2.05, 4.69) is 44.1 Å². The number of carbonyl (C=O) groups is 1. The summed E-state index contributed by atoms with van der Waals surface area (Å²) >= 11 is 0. The van der Waals surface area contributed by atoms with Gasteiger partial charge < -0.3 is 10.3 Å². The van der Waals surface area contributed by atoms with E-state index in [4.69, 9.17) is 0 Å². The van der Waals surface area contributed by atoms with Gasteiger partial charge in [0.2, 0.25) is 11.5 Å². The van der Waals surface area contributed by atoms with E-state index in [9.17, 15) is 9.59 Å². The monoisotopic (exact) mass is 496 g/mol. The van der Waals surface area contributed by atoms with Crippen LogP contribution in [0.2, 0.25) is 0 Å². The Morgan fingerprint density at radius 2 is 1.36 bits per heavy atom. The lowest BCUT2D eigenvalue weighted by molar-refractivity contribution is -0.116. The van der Waals surface area contributed by atoms with E-state index in [1.165, 1.54) is 38.1 Å². The maximum atomic E-state index is 11.2. The Bertz CT molecular complexity index is 1100. The van der Waals surface area contributed by atoms with Crippen molar-refractivity contribution in [3.8, 4) is 0 Å². The number of nitrogens with one attached hydrogen (secondary N) is 2. The van der Waals surface area contributed by atoms with Gasteiger partial charge in [-0.3, -0.25) is 9.59 Å². The van der Waals surface area contributed by atoms with Gasteiger partial charge in [0.15, 0.2) is 0 Å². The van der Waals surface area contributed by atoms with Gasteiger partial charge in [0, 0.05) is 29.1 Å². The molecule has 2 N–H and O–H groups in total. The summed E-state index contributed by atoms with van der Waals surface area (Å²) in [7, 11) is 0. The highest BCUT2D eigenvalue weighted by Crippen LogP contribution is 2.23. The van der Waals surface area contributed by atoms with E-state index in [0.717, 1.165) is 60.3 Å². The van der Waals surface area contributed by atoms with Crippen molar-refractivity contribution in [3.63, 3.8) is 0 Å². The molecular weight excluding hydrogens is 452 g/mol. The summed E-state index contributed by atoms with van der Waals surface area (Å²) in [6.45, 7) is 12.4. The molecule has 36 heavy (non-hydrogen) atoms. The van der Waals surface area contributed by atoms with Crippen molar-refractivity contribution < 1.29 is 4.79 Å². The van der Waals surface area contributed by atoms with Crippen molar-refractivity contribution in [3.05, 3.63) is 52.1 Å². The Hall–Kier alpha value is -3.16. The highest BCUT2D eigenvalue weighted by Gasteiger charge is 2.19. The van der Waals surface area contributed by atoms with E-state index in [-0.39, 0.29) is 11.5 Å². The Kier molecular flexibility index (Phi) is 15.6. The van der Waals surface area contributed by atoms with Crippen LogP contribution < -0.4 is 10.9 Å². The molecule has 4 rings (SSSR count). The largest absolute Gasteiger partial charge is 0.310 e. The van der Waals surface area contributed by atoms with E-state index in [0.29, 0.717) is 12.1 Å². The normalized spacial score (nSPS) is 11.6. The number of amides is 1. The maximum absolute atomic E-state index is 11.2. The van der Waals surface area contributed by atoms with Crippen molar-refractivity contribution in [1.82, 2.24) is 24.9 Å². The third-order valence-corrected chi connectivity index (χ3v) is 5.54. The van der Waals surface area contributed by atoms with E-state index >= 15 is 0 Å². The molecule has 0 saturated heterocycles. The fourth-order valence-corrected chi connectivity index (χ4v) is 3.78. The number of carbonyl (C=O) groups excluding carboxylic acids is 1. The number of nitrogens with zero attached hydrogens (tertiary/aromatic N) is 4. The number of unbranched alkanes of at least 4 members (excludes halogenated alkanes) is 4. The standard InChI is InChI=1S/C12H17N3O.C12H15N3O.2C2H6/c2*1-2-3-4-5-10-9-6-7-11(16)15-12(9)14-8-13-10;2*1-2/h8H,2-7H2,1H3,(H,13,14,15,16);6-8H,2-5H2,1H3,(H,13,14,15,16);2*1-2H3. The molecule has 4 heterocycles. The number of anilines is 1. The van der Waals surface area contributed by atoms with Crippen molar-refractivity contribution in [2.45, 2.75) is 106 Å². The van der Waals surface area contributed by atoms with Crippen molar-refractivity contribution in [2.75, 3.05) is 5.32 Å². The van der Waals surface area contributed by atoms with Crippen molar-refractivity contribution >= 4 is 22.8 Å². The molecule has 3 aromatic rings. The molecule has 8 heteroatoms. The molecule has 0 radical (unpaired) electrons. The number of hydrogen-bond donors (Lipinski definition) is 2. The molecule has 0 aliphatic carbocycles. The van der Waals surface area contributed by atoms with Gasteiger partial charge in [0.05, 0.1) is 5.69 Å². The van der Waals surface area contributed by atoms with Gasteiger partial charge >= 0.3 is 0 Å². The summed E-state index contributed by atoms with van der Waals surface area (Å²) in [6.07, 6.45) is 13.5. The van der Waals surface area contributed by atoms with Crippen molar-refractivity contribution in [1.29, 1.82) is 0 Å². The van der Waals surface area contributed by atoms with Crippen LogP contribution in [0.25, 0.3) is 11.0 Å². The highest BCUT2D eigenvalue weighted by atomic mass is 16.1. The van der Waals surface area contributed by atoms with E-state index < -0.39 is 0 Å². The fraction of sp³-hybridized carbons (Fsp3) is 0.571. The molecule has 0 fully saturated rings. The molecule has 0 spiro atoms. The van der Waals surface area contributed by atoms with Crippen LogP contribution in [0.15, 0.2) is 29.6 Å². The molecule has 0 bridgehead atoms. The number of pyridine rings is 1. The van der Waals surface area contributed by atoms with Gasteiger partial charge in [-0.05, 0) is 38.2 Å². The molecular formula is C28H44N6O2. The minimum atomic E-state index is -0.120. The van der Waals surface area contributed by atoms with Gasteiger partial charge in [-0.25, -0.2) is 19.9 Å². The minimum absolute atomic E-state index is 0.0608.